The molecular formula is C24H24N2O5. The Kier molecular flexibility index (Phi) is 7.61. The van der Waals surface area contributed by atoms with E-state index < -0.39 is 12.0 Å². The van der Waals surface area contributed by atoms with E-state index in [0.717, 1.165) is 16.7 Å². The molecule has 160 valence electrons. The van der Waals surface area contributed by atoms with E-state index in [1.165, 1.54) is 0 Å². The van der Waals surface area contributed by atoms with E-state index in [1.54, 1.807) is 24.3 Å². The van der Waals surface area contributed by atoms with E-state index >= 15 is 0 Å². The number of nitrogens with zero attached hydrogens (tertiary/aromatic N) is 1. The molecule has 3 aromatic rings. The molecule has 0 radical (unpaired) electrons. The van der Waals surface area contributed by atoms with Crippen LogP contribution in [0.5, 0.6) is 11.5 Å². The Morgan fingerprint density at radius 2 is 1.52 bits per heavy atom. The second-order valence-electron chi connectivity index (χ2n) is 6.91. The number of oxime groups is 1. The fraction of sp³-hybridized carbons (Fsp3) is 0.167. The molecule has 7 heteroatoms. The van der Waals surface area contributed by atoms with Crippen molar-refractivity contribution in [2.75, 3.05) is 6.61 Å². The van der Waals surface area contributed by atoms with Gasteiger partial charge in [0, 0.05) is 11.6 Å². The first-order valence-corrected chi connectivity index (χ1v) is 9.73. The fourth-order valence-corrected chi connectivity index (χ4v) is 2.92. The molecule has 0 aromatic heterocycles. The first-order valence-electron chi connectivity index (χ1n) is 9.73. The third kappa shape index (κ3) is 6.58. The van der Waals surface area contributed by atoms with Gasteiger partial charge in [-0.25, -0.2) is 0 Å². The molecule has 0 aliphatic carbocycles. The van der Waals surface area contributed by atoms with Crippen molar-refractivity contribution >= 4 is 11.7 Å². The number of ether oxygens (including phenoxy) is 2. The molecule has 0 fully saturated rings. The molecule has 0 saturated heterocycles. The molecule has 3 aromatic carbocycles. The maximum Gasteiger partial charge on any atom is 0.305 e. The second kappa shape index (κ2) is 10.8. The van der Waals surface area contributed by atoms with Gasteiger partial charge in [0.25, 0.3) is 0 Å². The van der Waals surface area contributed by atoms with Crippen molar-refractivity contribution in [3.63, 3.8) is 0 Å². The quantitative estimate of drug-likeness (QED) is 0.259. The minimum absolute atomic E-state index is 0.119. The lowest BCUT2D eigenvalue weighted by atomic mass is 10.0. The van der Waals surface area contributed by atoms with Crippen molar-refractivity contribution in [3.05, 3.63) is 95.6 Å². The molecule has 0 amide bonds. The molecular weight excluding hydrogens is 396 g/mol. The summed E-state index contributed by atoms with van der Waals surface area (Å²) in [4.78, 5) is 10.8. The molecule has 0 heterocycles. The first-order chi connectivity index (χ1) is 15.0. The Bertz CT molecular complexity index is 1000. The number of carboxylic acids is 1. The normalized spacial score (nSPS) is 12.2. The maximum atomic E-state index is 10.8. The minimum atomic E-state index is -0.930. The molecule has 0 saturated carbocycles. The number of aliphatic carboxylic acids is 1. The summed E-state index contributed by atoms with van der Waals surface area (Å²) < 4.78 is 11.5. The molecule has 31 heavy (non-hydrogen) atoms. The lowest BCUT2D eigenvalue weighted by molar-refractivity contribution is -0.137. The van der Waals surface area contributed by atoms with Gasteiger partial charge in [-0.3, -0.25) is 4.79 Å². The molecule has 0 aliphatic heterocycles. The van der Waals surface area contributed by atoms with Crippen molar-refractivity contribution in [2.24, 2.45) is 10.9 Å². The van der Waals surface area contributed by atoms with Gasteiger partial charge in [-0.1, -0.05) is 59.8 Å². The van der Waals surface area contributed by atoms with E-state index in [9.17, 15) is 10.0 Å². The number of nitrogens with two attached hydrogens (primary N) is 1. The highest BCUT2D eigenvalue weighted by Gasteiger charge is 2.10. The predicted octanol–water partition coefficient (Wildman–Crippen LogP) is 4.00. The van der Waals surface area contributed by atoms with Crippen molar-refractivity contribution in [2.45, 2.75) is 19.1 Å². The highest BCUT2D eigenvalue weighted by atomic mass is 16.5. The van der Waals surface area contributed by atoms with Crippen LogP contribution >= 0.6 is 0 Å². The van der Waals surface area contributed by atoms with Crippen LogP contribution in [0.25, 0.3) is 0 Å². The van der Waals surface area contributed by atoms with E-state index in [4.69, 9.17) is 20.3 Å². The monoisotopic (exact) mass is 420 g/mol. The summed E-state index contributed by atoms with van der Waals surface area (Å²) in [6, 6.07) is 23.3. The fourth-order valence-electron chi connectivity index (χ4n) is 2.92. The van der Waals surface area contributed by atoms with Gasteiger partial charge >= 0.3 is 5.97 Å². The number of carboxylic acid groups (broad SMARTS) is 1. The van der Waals surface area contributed by atoms with Gasteiger partial charge in [0.15, 0.2) is 0 Å². The maximum absolute atomic E-state index is 10.8. The summed E-state index contributed by atoms with van der Waals surface area (Å²) in [5.41, 5.74) is 8.80. The SMILES string of the molecule is NC(CC(=O)O)c1ccc(OCc2ccc(OC/C(=N\O)c3ccccc3)cc2)cc1. The van der Waals surface area contributed by atoms with Crippen molar-refractivity contribution in [3.8, 4) is 11.5 Å². The Hall–Kier alpha value is -3.84. The summed E-state index contributed by atoms with van der Waals surface area (Å²) in [6.07, 6.45) is -0.119. The van der Waals surface area contributed by atoms with Crippen molar-refractivity contribution < 1.29 is 24.6 Å². The summed E-state index contributed by atoms with van der Waals surface area (Å²) in [7, 11) is 0. The van der Waals surface area contributed by atoms with Gasteiger partial charge < -0.3 is 25.5 Å². The van der Waals surface area contributed by atoms with E-state index in [2.05, 4.69) is 5.16 Å². The molecule has 1 unspecified atom stereocenters. The van der Waals surface area contributed by atoms with E-state index in [0.29, 0.717) is 23.8 Å². The van der Waals surface area contributed by atoms with Gasteiger partial charge in [-0.15, -0.1) is 0 Å². The van der Waals surface area contributed by atoms with Crippen molar-refractivity contribution in [1.82, 2.24) is 0 Å². The minimum Gasteiger partial charge on any atom is -0.489 e. The van der Waals surface area contributed by atoms with Gasteiger partial charge in [-0.2, -0.15) is 0 Å². The van der Waals surface area contributed by atoms with Crippen LogP contribution in [0.4, 0.5) is 0 Å². The van der Waals surface area contributed by atoms with E-state index in [-0.39, 0.29) is 13.0 Å². The Morgan fingerprint density at radius 1 is 0.903 bits per heavy atom. The van der Waals surface area contributed by atoms with Crippen LogP contribution in [0.2, 0.25) is 0 Å². The number of carbonyl (C=O) groups is 1. The topological polar surface area (TPSA) is 114 Å². The lowest BCUT2D eigenvalue weighted by Gasteiger charge is -2.12. The molecule has 0 bridgehead atoms. The van der Waals surface area contributed by atoms with Crippen molar-refractivity contribution in [1.29, 1.82) is 0 Å². The summed E-state index contributed by atoms with van der Waals surface area (Å²) >= 11 is 0. The van der Waals surface area contributed by atoms with Crippen LogP contribution in [0, 0.1) is 0 Å². The zero-order chi connectivity index (χ0) is 22.1. The van der Waals surface area contributed by atoms with Crippen LogP contribution in [-0.4, -0.2) is 28.6 Å². The van der Waals surface area contributed by atoms with Crippen LogP contribution < -0.4 is 15.2 Å². The summed E-state index contributed by atoms with van der Waals surface area (Å²) in [5.74, 6) is 0.385. The predicted molar refractivity (Wildman–Crippen MR) is 117 cm³/mol. The standard InChI is InChI=1S/C24H24N2O5/c25-22(14-24(27)28)18-8-12-21(13-9-18)30-15-17-6-10-20(11-7-17)31-16-23(26-29)19-4-2-1-3-5-19/h1-13,22,29H,14-16,25H2,(H,27,28)/b26-23+. The Balaban J connectivity index is 1.50. The highest BCUT2D eigenvalue weighted by Crippen LogP contribution is 2.20. The lowest BCUT2D eigenvalue weighted by Crippen LogP contribution is -2.14. The highest BCUT2D eigenvalue weighted by molar-refractivity contribution is 6.01. The molecule has 4 N–H and O–H groups in total. The third-order valence-corrected chi connectivity index (χ3v) is 4.63. The van der Waals surface area contributed by atoms with Crippen LogP contribution in [0.15, 0.2) is 84.0 Å². The molecule has 3 rings (SSSR count). The van der Waals surface area contributed by atoms with Gasteiger partial charge in [-0.05, 0) is 35.4 Å². The largest absolute Gasteiger partial charge is 0.489 e. The Morgan fingerprint density at radius 3 is 2.13 bits per heavy atom. The van der Waals surface area contributed by atoms with E-state index in [1.807, 2.05) is 54.6 Å². The van der Waals surface area contributed by atoms with Gasteiger partial charge in [0.05, 0.1) is 6.42 Å². The Labute approximate surface area is 180 Å². The van der Waals surface area contributed by atoms with Crippen LogP contribution in [0.1, 0.15) is 29.2 Å². The average Bonchev–Trinajstić information content (AvgIpc) is 2.79. The molecule has 0 spiro atoms. The number of benzene rings is 3. The molecule has 1 atom stereocenters. The average molecular weight is 420 g/mol. The van der Waals surface area contributed by atoms with Gasteiger partial charge in [0.2, 0.25) is 0 Å². The number of hydrogen-bond donors (Lipinski definition) is 3. The van der Waals surface area contributed by atoms with Crippen LogP contribution in [0.3, 0.4) is 0 Å². The molecule has 0 aliphatic rings. The molecule has 7 nitrogen and oxygen atoms in total. The van der Waals surface area contributed by atoms with Gasteiger partial charge in [0.1, 0.15) is 30.4 Å². The summed E-state index contributed by atoms with van der Waals surface area (Å²) in [6.45, 7) is 0.515. The smallest absolute Gasteiger partial charge is 0.305 e. The zero-order valence-electron chi connectivity index (χ0n) is 16.8. The number of rotatable bonds is 10. The third-order valence-electron chi connectivity index (χ3n) is 4.63. The second-order valence-corrected chi connectivity index (χ2v) is 6.91. The first kappa shape index (κ1) is 21.9. The zero-order valence-corrected chi connectivity index (χ0v) is 16.8. The summed E-state index contributed by atoms with van der Waals surface area (Å²) in [5, 5.41) is 21.4. The van der Waals surface area contributed by atoms with Crippen LogP contribution in [-0.2, 0) is 11.4 Å². The number of hydrogen-bond acceptors (Lipinski definition) is 6.